The molecule has 1 aromatic carbocycles. The molecule has 2 rings (SSSR count). The predicted octanol–water partition coefficient (Wildman–Crippen LogP) is 1.58. The highest BCUT2D eigenvalue weighted by Gasteiger charge is 2.18. The molecular formula is C10H10FNO2. The number of hydrogen-bond donors (Lipinski definition) is 1. The Kier molecular flexibility index (Phi) is 2.11. The summed E-state index contributed by atoms with van der Waals surface area (Å²) in [5, 5.41) is 3.01. The van der Waals surface area contributed by atoms with Gasteiger partial charge in [-0.2, -0.15) is 0 Å². The number of halogens is 1. The number of fused-ring (bicyclic) bond motifs is 1. The van der Waals surface area contributed by atoms with E-state index < -0.39 is 5.97 Å². The smallest absolute Gasteiger partial charge is 0.338 e. The third kappa shape index (κ3) is 1.32. The number of nitrogens with one attached hydrogen (secondary N) is 1. The van der Waals surface area contributed by atoms with Gasteiger partial charge in [-0.15, -0.1) is 0 Å². The van der Waals surface area contributed by atoms with Crippen molar-refractivity contribution in [3.8, 4) is 0 Å². The van der Waals surface area contributed by atoms with Gasteiger partial charge in [0.2, 0.25) is 0 Å². The summed E-state index contributed by atoms with van der Waals surface area (Å²) in [5.74, 6) is -0.853. The van der Waals surface area contributed by atoms with Gasteiger partial charge in [-0.05, 0) is 18.6 Å². The second kappa shape index (κ2) is 3.29. The van der Waals surface area contributed by atoms with Crippen LogP contribution in [0.1, 0.15) is 15.9 Å². The van der Waals surface area contributed by atoms with E-state index in [1.165, 1.54) is 13.2 Å². The monoisotopic (exact) mass is 195 g/mol. The first-order valence-corrected chi connectivity index (χ1v) is 4.37. The molecule has 0 fully saturated rings. The molecule has 0 atom stereocenters. The standard InChI is InChI=1S/C10H10FNO2/c1-14-10(13)6-4-8(11)7-2-3-12-9(7)5-6/h4-5,12H,2-3H2,1H3. The van der Waals surface area contributed by atoms with Crippen LogP contribution in [0.15, 0.2) is 12.1 Å². The molecule has 0 spiro atoms. The lowest BCUT2D eigenvalue weighted by molar-refractivity contribution is 0.0600. The van der Waals surface area contributed by atoms with E-state index in [9.17, 15) is 9.18 Å². The van der Waals surface area contributed by atoms with Crippen LogP contribution in [-0.4, -0.2) is 19.6 Å². The Hall–Kier alpha value is -1.58. The highest BCUT2D eigenvalue weighted by molar-refractivity contribution is 5.91. The van der Waals surface area contributed by atoms with Crippen LogP contribution in [0, 0.1) is 5.82 Å². The summed E-state index contributed by atoms with van der Waals surface area (Å²) in [5.41, 5.74) is 1.60. The van der Waals surface area contributed by atoms with E-state index in [4.69, 9.17) is 0 Å². The van der Waals surface area contributed by atoms with Gasteiger partial charge in [0, 0.05) is 17.8 Å². The van der Waals surface area contributed by atoms with Gasteiger partial charge in [0.15, 0.2) is 0 Å². The molecule has 1 aliphatic rings. The first-order chi connectivity index (χ1) is 6.72. The van der Waals surface area contributed by atoms with E-state index in [-0.39, 0.29) is 11.4 Å². The molecule has 0 unspecified atom stereocenters. The second-order valence-electron chi connectivity index (χ2n) is 3.15. The van der Waals surface area contributed by atoms with E-state index in [2.05, 4.69) is 10.1 Å². The normalized spacial score (nSPS) is 13.3. The van der Waals surface area contributed by atoms with E-state index in [1.807, 2.05) is 0 Å². The van der Waals surface area contributed by atoms with Crippen molar-refractivity contribution in [2.45, 2.75) is 6.42 Å². The van der Waals surface area contributed by atoms with Crippen LogP contribution < -0.4 is 5.32 Å². The molecule has 1 heterocycles. The Labute approximate surface area is 80.9 Å². The highest BCUT2D eigenvalue weighted by atomic mass is 19.1. The third-order valence-corrected chi connectivity index (χ3v) is 2.31. The number of rotatable bonds is 1. The summed E-state index contributed by atoms with van der Waals surface area (Å²) in [6.45, 7) is 0.719. The summed E-state index contributed by atoms with van der Waals surface area (Å²) in [4.78, 5) is 11.1. The summed E-state index contributed by atoms with van der Waals surface area (Å²) >= 11 is 0. The zero-order valence-electron chi connectivity index (χ0n) is 7.76. The van der Waals surface area contributed by atoms with Gasteiger partial charge >= 0.3 is 5.97 Å². The van der Waals surface area contributed by atoms with Gasteiger partial charge in [-0.1, -0.05) is 0 Å². The number of carbonyl (C=O) groups is 1. The van der Waals surface area contributed by atoms with Gasteiger partial charge in [0.05, 0.1) is 12.7 Å². The molecule has 1 aromatic rings. The number of benzene rings is 1. The average Bonchev–Trinajstić information content (AvgIpc) is 2.64. The molecule has 0 amide bonds. The zero-order chi connectivity index (χ0) is 10.1. The SMILES string of the molecule is COC(=O)c1cc(F)c2c(c1)NCC2. The van der Waals surface area contributed by atoms with Gasteiger partial charge in [0.25, 0.3) is 0 Å². The molecule has 0 aliphatic carbocycles. The summed E-state index contributed by atoms with van der Waals surface area (Å²) in [6.07, 6.45) is 0.669. The molecule has 0 bridgehead atoms. The van der Waals surface area contributed by atoms with Gasteiger partial charge < -0.3 is 10.1 Å². The molecule has 0 saturated heterocycles. The molecule has 14 heavy (non-hydrogen) atoms. The van der Waals surface area contributed by atoms with Crippen LogP contribution in [-0.2, 0) is 11.2 Å². The summed E-state index contributed by atoms with van der Waals surface area (Å²) in [6, 6.07) is 2.84. The Morgan fingerprint density at radius 3 is 3.07 bits per heavy atom. The van der Waals surface area contributed by atoms with Crippen LogP contribution in [0.3, 0.4) is 0 Å². The van der Waals surface area contributed by atoms with Crippen molar-refractivity contribution in [2.75, 3.05) is 19.0 Å². The largest absolute Gasteiger partial charge is 0.465 e. The summed E-state index contributed by atoms with van der Waals surface area (Å²) in [7, 11) is 1.28. The van der Waals surface area contributed by atoms with Crippen molar-refractivity contribution in [1.29, 1.82) is 0 Å². The van der Waals surface area contributed by atoms with Gasteiger partial charge in [-0.3, -0.25) is 0 Å². The number of esters is 1. The maximum atomic E-state index is 13.4. The minimum Gasteiger partial charge on any atom is -0.465 e. The Morgan fingerprint density at radius 2 is 2.36 bits per heavy atom. The maximum absolute atomic E-state index is 13.4. The van der Waals surface area contributed by atoms with Crippen LogP contribution in [0.2, 0.25) is 0 Å². The first kappa shape index (κ1) is 8.99. The number of methoxy groups -OCH3 is 1. The fraction of sp³-hybridized carbons (Fsp3) is 0.300. The fourth-order valence-electron chi connectivity index (χ4n) is 1.61. The van der Waals surface area contributed by atoms with Crippen molar-refractivity contribution < 1.29 is 13.9 Å². The quantitative estimate of drug-likeness (QED) is 0.691. The van der Waals surface area contributed by atoms with E-state index >= 15 is 0 Å². The minimum atomic E-state index is -0.514. The first-order valence-electron chi connectivity index (χ1n) is 4.37. The lowest BCUT2D eigenvalue weighted by Gasteiger charge is -2.04. The molecule has 0 saturated carbocycles. The Bertz CT molecular complexity index is 390. The van der Waals surface area contributed by atoms with Crippen molar-refractivity contribution in [2.24, 2.45) is 0 Å². The van der Waals surface area contributed by atoms with Crippen LogP contribution in [0.25, 0.3) is 0 Å². The molecular weight excluding hydrogens is 185 g/mol. The highest BCUT2D eigenvalue weighted by Crippen LogP contribution is 2.26. The molecule has 1 aliphatic heterocycles. The molecule has 0 aromatic heterocycles. The topological polar surface area (TPSA) is 38.3 Å². The zero-order valence-corrected chi connectivity index (χ0v) is 7.76. The van der Waals surface area contributed by atoms with Crippen molar-refractivity contribution in [1.82, 2.24) is 0 Å². The molecule has 0 radical (unpaired) electrons. The number of carbonyl (C=O) groups excluding carboxylic acids is 1. The van der Waals surface area contributed by atoms with E-state index in [1.54, 1.807) is 6.07 Å². The van der Waals surface area contributed by atoms with Crippen molar-refractivity contribution in [3.05, 3.63) is 29.1 Å². The number of anilines is 1. The van der Waals surface area contributed by atoms with Gasteiger partial charge in [-0.25, -0.2) is 9.18 Å². The molecule has 4 heteroatoms. The third-order valence-electron chi connectivity index (χ3n) is 2.31. The predicted molar refractivity (Wildman–Crippen MR) is 49.9 cm³/mol. The van der Waals surface area contributed by atoms with Crippen LogP contribution >= 0.6 is 0 Å². The minimum absolute atomic E-state index is 0.248. The molecule has 3 nitrogen and oxygen atoms in total. The fourth-order valence-corrected chi connectivity index (χ4v) is 1.61. The lowest BCUT2D eigenvalue weighted by atomic mass is 10.1. The lowest BCUT2D eigenvalue weighted by Crippen LogP contribution is -2.03. The second-order valence-corrected chi connectivity index (χ2v) is 3.15. The van der Waals surface area contributed by atoms with Gasteiger partial charge in [0.1, 0.15) is 5.82 Å². The van der Waals surface area contributed by atoms with Crippen LogP contribution in [0.5, 0.6) is 0 Å². The Balaban J connectivity index is 2.46. The number of ether oxygens (including phenoxy) is 1. The summed E-state index contributed by atoms with van der Waals surface area (Å²) < 4.78 is 17.9. The van der Waals surface area contributed by atoms with E-state index in [0.29, 0.717) is 17.7 Å². The van der Waals surface area contributed by atoms with Crippen LogP contribution in [0.4, 0.5) is 10.1 Å². The molecule has 1 N–H and O–H groups in total. The van der Waals surface area contributed by atoms with Crippen molar-refractivity contribution >= 4 is 11.7 Å². The van der Waals surface area contributed by atoms with E-state index in [0.717, 1.165) is 6.54 Å². The average molecular weight is 195 g/mol. The molecule has 74 valence electrons. The van der Waals surface area contributed by atoms with Crippen molar-refractivity contribution in [3.63, 3.8) is 0 Å². The Morgan fingerprint density at radius 1 is 1.57 bits per heavy atom. The number of hydrogen-bond acceptors (Lipinski definition) is 3. The maximum Gasteiger partial charge on any atom is 0.338 e.